The number of hydrogen-bond acceptors (Lipinski definition) is 6. The van der Waals surface area contributed by atoms with Gasteiger partial charge in [0.25, 0.3) is 0 Å². The molecule has 0 radical (unpaired) electrons. The lowest BCUT2D eigenvalue weighted by atomic mass is 9.99. The summed E-state index contributed by atoms with van der Waals surface area (Å²) in [6.45, 7) is 6.35. The van der Waals surface area contributed by atoms with Crippen molar-refractivity contribution in [2.45, 2.75) is 20.8 Å². The van der Waals surface area contributed by atoms with Gasteiger partial charge in [-0.05, 0) is 43.5 Å². The van der Waals surface area contributed by atoms with Crippen molar-refractivity contribution in [3.8, 4) is 16.9 Å². The lowest BCUT2D eigenvalue weighted by Gasteiger charge is -2.17. The number of pyridine rings is 1. The molecule has 0 saturated carbocycles. The zero-order valence-corrected chi connectivity index (χ0v) is 14.6. The van der Waals surface area contributed by atoms with Crippen molar-refractivity contribution >= 4 is 0 Å². The molecule has 1 aromatic carbocycles. The van der Waals surface area contributed by atoms with Crippen molar-refractivity contribution in [3.05, 3.63) is 59.5 Å². The molecule has 0 unspecified atom stereocenters. The number of aryl methyl sites for hydroxylation is 1. The maximum absolute atomic E-state index is 8.49. The van der Waals surface area contributed by atoms with E-state index in [2.05, 4.69) is 71.1 Å². The molecule has 1 N–H and O–H groups in total. The Morgan fingerprint density at radius 1 is 1.00 bits per heavy atom. The van der Waals surface area contributed by atoms with E-state index >= 15 is 0 Å². The van der Waals surface area contributed by atoms with Crippen LogP contribution in [0.25, 0.3) is 16.9 Å². The molecule has 2 heterocycles. The van der Waals surface area contributed by atoms with E-state index in [9.17, 15) is 0 Å². The predicted octanol–water partition coefficient (Wildman–Crippen LogP) is -2.08. The lowest BCUT2D eigenvalue weighted by Crippen LogP contribution is -2.68. The maximum Gasteiger partial charge on any atom is 0.375 e. The van der Waals surface area contributed by atoms with Crippen molar-refractivity contribution in [2.24, 2.45) is 0 Å². The van der Waals surface area contributed by atoms with Crippen LogP contribution in [0.3, 0.4) is 0 Å². The van der Waals surface area contributed by atoms with Crippen molar-refractivity contribution in [3.63, 3.8) is 0 Å². The number of H-pyrrole nitrogens is 1. The van der Waals surface area contributed by atoms with Crippen LogP contribution in [0.5, 0.6) is 0 Å². The smallest absolute Gasteiger partial charge is 0.222 e. The fourth-order valence-electron chi connectivity index (χ4n) is 2.58. The Labute approximate surface area is 146 Å². The molecule has 2 aromatic heterocycles. The maximum atomic E-state index is 8.49. The Morgan fingerprint density at radius 3 is 2.12 bits per heavy atom. The normalized spacial score (nSPS) is 11.0. The predicted molar refractivity (Wildman–Crippen MR) is 77.6 cm³/mol. The van der Waals surface area contributed by atoms with Crippen molar-refractivity contribution in [1.29, 1.82) is 0 Å². The number of rotatable bonds is 2. The first kappa shape index (κ1) is 19.0. The number of aromatic nitrogens is 4. The zero-order valence-electron chi connectivity index (χ0n) is 13.9. The average molecular weight is 365 g/mol. The van der Waals surface area contributed by atoms with Crippen LogP contribution in [0.2, 0.25) is 0 Å². The van der Waals surface area contributed by atoms with E-state index in [-0.39, 0.29) is 0 Å². The SMILES string of the molecule is Cc1c(-c2ccccc2)cc(C)[n+](-c2cn[nH]n2)c1C.[O-][Cl+3]([O-])([O-])[O-]. The molecule has 0 aliphatic heterocycles. The number of nitrogens with one attached hydrogen (secondary N) is 1. The second-order valence-corrected chi connectivity index (χ2v) is 6.07. The van der Waals surface area contributed by atoms with Gasteiger partial charge in [0.2, 0.25) is 0 Å². The average Bonchev–Trinajstić information content (AvgIpc) is 3.04. The van der Waals surface area contributed by atoms with E-state index in [4.69, 9.17) is 18.6 Å². The van der Waals surface area contributed by atoms with E-state index in [1.807, 2.05) is 6.07 Å². The third-order valence-corrected chi connectivity index (χ3v) is 3.70. The monoisotopic (exact) mass is 364 g/mol. The first-order valence-corrected chi connectivity index (χ1v) is 8.48. The first-order valence-electron chi connectivity index (χ1n) is 7.24. The fourth-order valence-corrected chi connectivity index (χ4v) is 2.58. The van der Waals surface area contributed by atoms with E-state index < -0.39 is 10.2 Å². The van der Waals surface area contributed by atoms with Crippen LogP contribution >= 0.6 is 0 Å². The van der Waals surface area contributed by atoms with Gasteiger partial charge in [0.05, 0.1) is 5.10 Å². The summed E-state index contributed by atoms with van der Waals surface area (Å²) in [6, 6.07) is 12.7. The molecule has 0 aliphatic rings. The molecule has 3 rings (SSSR count). The quantitative estimate of drug-likeness (QED) is 0.518. The van der Waals surface area contributed by atoms with Crippen molar-refractivity contribution < 1.29 is 33.4 Å². The van der Waals surface area contributed by atoms with Crippen LogP contribution in [0, 0.1) is 31.0 Å². The molecule has 0 atom stereocenters. The minimum Gasteiger partial charge on any atom is -0.222 e. The largest absolute Gasteiger partial charge is 0.375 e. The number of halogens is 1. The number of benzene rings is 1. The summed E-state index contributed by atoms with van der Waals surface area (Å²) in [6.07, 6.45) is 1.74. The summed E-state index contributed by atoms with van der Waals surface area (Å²) in [7, 11) is -4.94. The second kappa shape index (κ2) is 7.68. The Balaban J connectivity index is 0.000000399. The van der Waals surface area contributed by atoms with Gasteiger partial charge >= 0.3 is 5.82 Å². The number of aromatic amines is 1. The standard InChI is InChI=1S/C16H17N4.ClHO4/c1-11-9-15(14-7-5-4-6-8-14)12(2)13(3)20(11)16-10-17-19-18-16;2-1(3,4)5/h4-10H,1-3H3,(H,17,18,19);(H,2,3,4,5)/q+1;/p-1. The highest BCUT2D eigenvalue weighted by molar-refractivity contribution is 5.67. The van der Waals surface area contributed by atoms with Crippen LogP contribution in [0.4, 0.5) is 0 Å². The fraction of sp³-hybridized carbons (Fsp3) is 0.188. The first-order chi connectivity index (χ1) is 11.7. The molecule has 0 saturated heterocycles. The Hall–Kier alpha value is -2.36. The summed E-state index contributed by atoms with van der Waals surface area (Å²) in [5.41, 5.74) is 6.08. The molecular weight excluding hydrogens is 348 g/mol. The summed E-state index contributed by atoms with van der Waals surface area (Å²) in [4.78, 5) is 0. The highest BCUT2D eigenvalue weighted by Gasteiger charge is 2.19. The topological polar surface area (TPSA) is 138 Å². The van der Waals surface area contributed by atoms with Gasteiger partial charge in [-0.3, -0.25) is 0 Å². The van der Waals surface area contributed by atoms with Gasteiger partial charge in [0.15, 0.2) is 0 Å². The van der Waals surface area contributed by atoms with Crippen molar-refractivity contribution in [1.82, 2.24) is 15.4 Å². The number of hydrogen-bond donors (Lipinski definition) is 1. The van der Waals surface area contributed by atoms with Crippen LogP contribution in [0.15, 0.2) is 42.6 Å². The highest BCUT2D eigenvalue weighted by atomic mass is 35.7. The Bertz CT molecular complexity index is 828. The molecular formula is C16H17ClN4O4. The van der Waals surface area contributed by atoms with E-state index in [1.165, 1.54) is 22.4 Å². The third kappa shape index (κ3) is 5.05. The molecule has 0 aliphatic carbocycles. The molecule has 0 bridgehead atoms. The minimum absolute atomic E-state index is 0.822. The molecule has 9 heteroatoms. The molecule has 0 fully saturated rings. The number of nitrogens with zero attached hydrogens (tertiary/aromatic N) is 3. The van der Waals surface area contributed by atoms with Gasteiger partial charge in [0, 0.05) is 0 Å². The van der Waals surface area contributed by atoms with Crippen LogP contribution in [-0.2, 0) is 0 Å². The van der Waals surface area contributed by atoms with Gasteiger partial charge in [-0.25, -0.2) is 18.6 Å². The van der Waals surface area contributed by atoms with Gasteiger partial charge < -0.3 is 0 Å². The summed E-state index contributed by atoms with van der Waals surface area (Å²) in [5, 5.41) is 10.7. The van der Waals surface area contributed by atoms with Crippen LogP contribution in [0.1, 0.15) is 17.0 Å². The second-order valence-electron chi connectivity index (χ2n) is 5.32. The Kier molecular flexibility index (Phi) is 5.83. The third-order valence-electron chi connectivity index (χ3n) is 3.70. The van der Waals surface area contributed by atoms with Gasteiger partial charge in [0.1, 0.15) is 17.6 Å². The van der Waals surface area contributed by atoms with Gasteiger partial charge in [-0.2, -0.15) is 4.57 Å². The molecule has 132 valence electrons. The minimum atomic E-state index is -4.94. The van der Waals surface area contributed by atoms with Gasteiger partial charge in [-0.1, -0.05) is 30.3 Å². The van der Waals surface area contributed by atoms with Crippen molar-refractivity contribution in [2.75, 3.05) is 0 Å². The molecule has 0 amide bonds. The highest BCUT2D eigenvalue weighted by Crippen LogP contribution is 2.25. The molecule has 8 nitrogen and oxygen atoms in total. The molecule has 3 aromatic rings. The summed E-state index contributed by atoms with van der Waals surface area (Å²) in [5.74, 6) is 0.822. The summed E-state index contributed by atoms with van der Waals surface area (Å²) >= 11 is 0. The van der Waals surface area contributed by atoms with E-state index in [0.717, 1.165) is 11.5 Å². The molecule has 25 heavy (non-hydrogen) atoms. The molecule has 0 spiro atoms. The van der Waals surface area contributed by atoms with E-state index in [0.29, 0.717) is 0 Å². The Morgan fingerprint density at radius 2 is 1.60 bits per heavy atom. The van der Waals surface area contributed by atoms with Crippen LogP contribution in [-0.4, -0.2) is 15.4 Å². The zero-order chi connectivity index (χ0) is 18.6. The van der Waals surface area contributed by atoms with Gasteiger partial charge in [-0.15, -0.1) is 20.6 Å². The van der Waals surface area contributed by atoms with E-state index in [1.54, 1.807) is 6.20 Å². The lowest BCUT2D eigenvalue weighted by molar-refractivity contribution is -2.00. The van der Waals surface area contributed by atoms with Crippen LogP contribution < -0.4 is 23.2 Å². The summed E-state index contributed by atoms with van der Waals surface area (Å²) < 4.78 is 36.1.